The lowest BCUT2D eigenvalue weighted by Gasteiger charge is -2.31. The van der Waals surface area contributed by atoms with Crippen molar-refractivity contribution >= 4 is 30.2 Å². The van der Waals surface area contributed by atoms with Crippen molar-refractivity contribution in [3.63, 3.8) is 0 Å². The maximum Gasteiger partial charge on any atom is 0.312 e. The molecule has 3 aromatic rings. The van der Waals surface area contributed by atoms with Crippen LogP contribution in [0.4, 0.5) is 10.2 Å². The molecule has 10 nitrogen and oxygen atoms in total. The number of halogens is 1. The molecular formula is C25H36FN6O4P. The van der Waals surface area contributed by atoms with Gasteiger partial charge in [0.15, 0.2) is 18.8 Å². The van der Waals surface area contributed by atoms with Crippen LogP contribution in [0.1, 0.15) is 52.6 Å². The fourth-order valence-electron chi connectivity index (χ4n) is 4.03. The number of esters is 1. The van der Waals surface area contributed by atoms with Gasteiger partial charge in [-0.3, -0.25) is 9.88 Å². The monoisotopic (exact) mass is 534 g/mol. The molecule has 3 N–H and O–H groups in total. The molecule has 2 aromatic heterocycles. The second-order valence-electron chi connectivity index (χ2n) is 9.91. The van der Waals surface area contributed by atoms with Gasteiger partial charge in [-0.05, 0) is 51.8 Å². The number of benzene rings is 1. The van der Waals surface area contributed by atoms with E-state index in [-0.39, 0.29) is 30.2 Å². The van der Waals surface area contributed by atoms with Gasteiger partial charge in [-0.1, -0.05) is 19.1 Å². The molecule has 0 aliphatic rings. The number of hydrogen-bond acceptors (Lipinski definition) is 8. The van der Waals surface area contributed by atoms with Gasteiger partial charge >= 0.3 is 5.97 Å². The molecule has 202 valence electrons. The van der Waals surface area contributed by atoms with E-state index >= 15 is 0 Å². The lowest BCUT2D eigenvalue weighted by molar-refractivity contribution is -0.152. The van der Waals surface area contributed by atoms with Gasteiger partial charge in [0.2, 0.25) is 0 Å². The van der Waals surface area contributed by atoms with Crippen molar-refractivity contribution in [2.75, 3.05) is 24.9 Å². The summed E-state index contributed by atoms with van der Waals surface area (Å²) in [5.74, 6) is -0.522. The Bertz CT molecular complexity index is 1270. The number of anilines is 1. The molecule has 0 saturated carbocycles. The lowest BCUT2D eigenvalue weighted by Crippen LogP contribution is -2.35. The van der Waals surface area contributed by atoms with Crippen molar-refractivity contribution in [3.8, 4) is 0 Å². The van der Waals surface area contributed by atoms with E-state index in [9.17, 15) is 13.8 Å². The summed E-state index contributed by atoms with van der Waals surface area (Å²) in [7, 11) is -3.33. The van der Waals surface area contributed by atoms with E-state index in [0.717, 1.165) is 0 Å². The molecule has 0 spiro atoms. The Morgan fingerprint density at radius 1 is 1.27 bits per heavy atom. The van der Waals surface area contributed by atoms with Crippen LogP contribution in [0.25, 0.3) is 11.2 Å². The normalized spacial score (nSPS) is 15.3. The number of nitrogens with zero attached hydrogens (tertiary/aromatic N) is 4. The number of carbonyl (C=O) groups is 1. The van der Waals surface area contributed by atoms with Crippen LogP contribution in [0.5, 0.6) is 0 Å². The average Bonchev–Trinajstić information content (AvgIpc) is 3.24. The number of nitrogens with one attached hydrogen (secondary N) is 1. The van der Waals surface area contributed by atoms with Gasteiger partial charge in [-0.2, -0.15) is 0 Å². The third-order valence-corrected chi connectivity index (χ3v) is 8.59. The predicted octanol–water partition coefficient (Wildman–Crippen LogP) is 4.52. The van der Waals surface area contributed by atoms with Gasteiger partial charge in [0.1, 0.15) is 24.0 Å². The molecule has 0 amide bonds. The molecule has 0 aliphatic heterocycles. The summed E-state index contributed by atoms with van der Waals surface area (Å²) in [5, 5.41) is 3.16. The minimum Gasteiger partial charge on any atom is -0.465 e. The zero-order valence-electron chi connectivity index (χ0n) is 22.0. The second kappa shape index (κ2) is 12.1. The van der Waals surface area contributed by atoms with Crippen molar-refractivity contribution in [1.82, 2.24) is 24.6 Å². The quantitative estimate of drug-likeness (QED) is 0.240. The van der Waals surface area contributed by atoms with Crippen LogP contribution in [0.3, 0.4) is 0 Å². The first kappa shape index (κ1) is 28.7. The van der Waals surface area contributed by atoms with Gasteiger partial charge in [-0.25, -0.2) is 19.3 Å². The Balaban J connectivity index is 1.76. The Kier molecular flexibility index (Phi) is 9.39. The molecule has 37 heavy (non-hydrogen) atoms. The molecule has 0 aliphatic carbocycles. The molecule has 1 unspecified atom stereocenters. The van der Waals surface area contributed by atoms with Crippen LogP contribution in [0.15, 0.2) is 36.9 Å². The molecule has 3 rings (SSSR count). The molecule has 0 fully saturated rings. The highest BCUT2D eigenvalue weighted by atomic mass is 31.2. The first-order chi connectivity index (χ1) is 17.4. The predicted molar refractivity (Wildman–Crippen MR) is 141 cm³/mol. The largest absolute Gasteiger partial charge is 0.465 e. The SMILES string of the molecule is CCCOC(=O)C(C)(C)CP(=O)(CO[C@H](C)Cn1cnc2c(N)ncnc21)N[C@@H](C)c1cccc(F)c1. The van der Waals surface area contributed by atoms with E-state index in [1.807, 2.05) is 13.8 Å². The molecular weight excluding hydrogens is 498 g/mol. The molecule has 3 atom stereocenters. The van der Waals surface area contributed by atoms with Gasteiger partial charge in [0.05, 0.1) is 31.0 Å². The second-order valence-corrected chi connectivity index (χ2v) is 12.5. The van der Waals surface area contributed by atoms with Crippen LogP contribution in [-0.4, -0.2) is 50.7 Å². The van der Waals surface area contributed by atoms with Gasteiger partial charge < -0.3 is 24.3 Å². The number of fused-ring (bicyclic) bond motifs is 1. The number of rotatable bonds is 13. The van der Waals surface area contributed by atoms with Gasteiger partial charge in [-0.15, -0.1) is 0 Å². The van der Waals surface area contributed by atoms with Crippen molar-refractivity contribution in [2.24, 2.45) is 5.41 Å². The topological polar surface area (TPSA) is 134 Å². The van der Waals surface area contributed by atoms with Crippen molar-refractivity contribution in [2.45, 2.75) is 59.7 Å². The molecule has 2 heterocycles. The summed E-state index contributed by atoms with van der Waals surface area (Å²) in [6, 6.07) is 5.66. The highest BCUT2D eigenvalue weighted by molar-refractivity contribution is 7.61. The molecule has 1 aromatic carbocycles. The maximum atomic E-state index is 14.2. The molecule has 12 heteroatoms. The smallest absolute Gasteiger partial charge is 0.312 e. The summed E-state index contributed by atoms with van der Waals surface area (Å²) in [6.07, 6.45) is 3.16. The fourth-order valence-corrected chi connectivity index (χ4v) is 7.05. The Morgan fingerprint density at radius 3 is 2.73 bits per heavy atom. The fraction of sp³-hybridized carbons (Fsp3) is 0.520. The summed E-state index contributed by atoms with van der Waals surface area (Å²) >= 11 is 0. The average molecular weight is 535 g/mol. The first-order valence-electron chi connectivity index (χ1n) is 12.3. The Hall–Kier alpha value is -2.88. The Morgan fingerprint density at radius 2 is 2.03 bits per heavy atom. The number of imidazole rings is 1. The number of nitrogen functional groups attached to an aromatic ring is 1. The van der Waals surface area contributed by atoms with Crippen LogP contribution in [0.2, 0.25) is 0 Å². The highest BCUT2D eigenvalue weighted by Gasteiger charge is 2.39. The summed E-state index contributed by atoms with van der Waals surface area (Å²) in [5.41, 5.74) is 6.55. The van der Waals surface area contributed by atoms with E-state index < -0.39 is 24.7 Å². The van der Waals surface area contributed by atoms with E-state index in [2.05, 4.69) is 20.0 Å². The van der Waals surface area contributed by atoms with Crippen LogP contribution in [0, 0.1) is 11.2 Å². The summed E-state index contributed by atoms with van der Waals surface area (Å²) in [6.45, 7) is 9.64. The number of nitrogens with two attached hydrogens (primary N) is 1. The first-order valence-corrected chi connectivity index (χ1v) is 14.3. The third kappa shape index (κ3) is 7.56. The number of hydrogen-bond donors (Lipinski definition) is 2. The van der Waals surface area contributed by atoms with Crippen molar-refractivity contribution in [1.29, 1.82) is 0 Å². The minimum atomic E-state index is -3.33. The van der Waals surface area contributed by atoms with E-state index in [0.29, 0.717) is 36.3 Å². The van der Waals surface area contributed by atoms with Gasteiger partial charge in [0.25, 0.3) is 0 Å². The standard InChI is InChI=1S/C25H36FN6O4P/c1-6-10-35-24(33)25(4,5)13-37(34,31-18(3)19-8-7-9-20(26)11-19)16-36-17(2)12-32-15-30-21-22(27)28-14-29-23(21)32/h7-9,11,14-15,17-18H,6,10,12-13,16H2,1-5H3,(H,31,34)(H2,27,28,29)/t17-,18+,37?/m1/s1. The zero-order valence-corrected chi connectivity index (χ0v) is 22.9. The molecule has 0 bridgehead atoms. The lowest BCUT2D eigenvalue weighted by atomic mass is 9.97. The van der Waals surface area contributed by atoms with Crippen molar-refractivity contribution in [3.05, 3.63) is 48.3 Å². The summed E-state index contributed by atoms with van der Waals surface area (Å²) in [4.78, 5) is 25.2. The Labute approximate surface area is 216 Å². The molecule has 0 saturated heterocycles. The summed E-state index contributed by atoms with van der Waals surface area (Å²) < 4.78 is 41.2. The van der Waals surface area contributed by atoms with E-state index in [1.165, 1.54) is 18.5 Å². The maximum absolute atomic E-state index is 14.2. The van der Waals surface area contributed by atoms with Gasteiger partial charge in [0, 0.05) is 12.2 Å². The van der Waals surface area contributed by atoms with E-state index in [1.54, 1.807) is 43.8 Å². The molecule has 0 radical (unpaired) electrons. The van der Waals surface area contributed by atoms with Crippen LogP contribution >= 0.6 is 7.29 Å². The van der Waals surface area contributed by atoms with E-state index in [4.69, 9.17) is 15.2 Å². The zero-order chi connectivity index (χ0) is 27.2. The number of aromatic nitrogens is 4. The van der Waals surface area contributed by atoms with Crippen LogP contribution in [-0.2, 0) is 25.4 Å². The van der Waals surface area contributed by atoms with Crippen LogP contribution < -0.4 is 10.8 Å². The van der Waals surface area contributed by atoms with Crippen molar-refractivity contribution < 1.29 is 23.2 Å². The highest BCUT2D eigenvalue weighted by Crippen LogP contribution is 2.49. The number of ether oxygens (including phenoxy) is 2. The third-order valence-electron chi connectivity index (χ3n) is 5.87. The number of carbonyl (C=O) groups excluding carboxylic acids is 1. The minimum absolute atomic E-state index is 0.00663.